The van der Waals surface area contributed by atoms with Crippen molar-refractivity contribution in [2.24, 2.45) is 0 Å². The maximum absolute atomic E-state index is 13.5. The second-order valence-electron chi connectivity index (χ2n) is 8.96. The number of hydrogen-bond donors (Lipinski definition) is 1. The molecule has 0 spiro atoms. The van der Waals surface area contributed by atoms with Gasteiger partial charge in [-0.2, -0.15) is 0 Å². The van der Waals surface area contributed by atoms with E-state index in [1.807, 2.05) is 0 Å². The first-order valence-corrected chi connectivity index (χ1v) is 12.1. The Balaban J connectivity index is 1.50. The number of carboxylic acid groups (broad SMARTS) is 1. The molecule has 0 atom stereocenters. The molecule has 0 aliphatic heterocycles. The van der Waals surface area contributed by atoms with Crippen LogP contribution in [0.4, 0.5) is 8.78 Å². The zero-order valence-corrected chi connectivity index (χ0v) is 20.2. The van der Waals surface area contributed by atoms with Gasteiger partial charge in [0, 0.05) is 30.9 Å². The highest BCUT2D eigenvalue weighted by molar-refractivity contribution is 5.83. The van der Waals surface area contributed by atoms with Gasteiger partial charge in [0.2, 0.25) is 0 Å². The zero-order chi connectivity index (χ0) is 26.6. The highest BCUT2D eigenvalue weighted by Crippen LogP contribution is 2.25. The molecular weight excluding hydrogens is 492 g/mol. The molecule has 0 bridgehead atoms. The van der Waals surface area contributed by atoms with Crippen LogP contribution < -0.4 is 5.56 Å². The third-order valence-electron chi connectivity index (χ3n) is 6.21. The topological polar surface area (TPSA) is 98.2 Å². The van der Waals surface area contributed by atoms with Crippen molar-refractivity contribution < 1.29 is 23.2 Å². The summed E-state index contributed by atoms with van der Waals surface area (Å²) in [5.41, 5.74) is 2.78. The number of aromatic nitrogens is 3. The Labute approximate surface area is 216 Å². The molecule has 192 valence electrons. The van der Waals surface area contributed by atoms with E-state index >= 15 is 0 Å². The number of hydrogen-bond acceptors (Lipinski definition) is 5. The molecule has 0 unspecified atom stereocenters. The fourth-order valence-electron chi connectivity index (χ4n) is 4.31. The lowest BCUT2D eigenvalue weighted by Crippen LogP contribution is -2.24. The Kier molecular flexibility index (Phi) is 7.08. The highest BCUT2D eigenvalue weighted by atomic mass is 19.1. The van der Waals surface area contributed by atoms with Crippen molar-refractivity contribution in [1.82, 2.24) is 14.7 Å². The highest BCUT2D eigenvalue weighted by Gasteiger charge is 2.15. The lowest BCUT2D eigenvalue weighted by Gasteiger charge is -2.14. The van der Waals surface area contributed by atoms with Crippen LogP contribution in [0.5, 0.6) is 0 Å². The average molecular weight is 516 g/mol. The standard InChI is InChI=1S/C29H23F2N3O4/c30-20-8-5-18(6-9-20)15-23-17-25(33-38-23)19-7-14-24-26(16-19)32-27(3-1-2-4-28(35)36)34(29(24)37)22-12-10-21(31)11-13-22/h5-14,16-17H,1-4,15H2,(H,35,36). The molecule has 0 aliphatic carbocycles. The first kappa shape index (κ1) is 25.0. The summed E-state index contributed by atoms with van der Waals surface area (Å²) in [7, 11) is 0. The summed E-state index contributed by atoms with van der Waals surface area (Å²) < 4.78 is 33.6. The SMILES string of the molecule is O=C(O)CCCCc1nc2cc(-c3cc(Cc4ccc(F)cc4)on3)ccc2c(=O)n1-c1ccc(F)cc1. The number of carbonyl (C=O) groups is 1. The van der Waals surface area contributed by atoms with Gasteiger partial charge in [-0.15, -0.1) is 0 Å². The molecule has 0 amide bonds. The monoisotopic (exact) mass is 515 g/mol. The number of carboxylic acids is 1. The fraction of sp³-hybridized carbons (Fsp3) is 0.172. The fourth-order valence-corrected chi connectivity index (χ4v) is 4.31. The summed E-state index contributed by atoms with van der Waals surface area (Å²) >= 11 is 0. The molecular formula is C29H23F2N3O4. The van der Waals surface area contributed by atoms with Crippen molar-refractivity contribution in [2.45, 2.75) is 32.1 Å². The molecule has 0 fully saturated rings. The summed E-state index contributed by atoms with van der Waals surface area (Å²) in [6.45, 7) is 0. The maximum Gasteiger partial charge on any atom is 0.303 e. The first-order valence-electron chi connectivity index (χ1n) is 12.1. The van der Waals surface area contributed by atoms with Crippen LogP contribution >= 0.6 is 0 Å². The van der Waals surface area contributed by atoms with Crippen molar-refractivity contribution in [2.75, 3.05) is 0 Å². The maximum atomic E-state index is 13.5. The smallest absolute Gasteiger partial charge is 0.303 e. The third kappa shape index (κ3) is 5.51. The number of aryl methyl sites for hydroxylation is 1. The van der Waals surface area contributed by atoms with Crippen LogP contribution in [0.25, 0.3) is 27.8 Å². The van der Waals surface area contributed by atoms with Gasteiger partial charge < -0.3 is 9.63 Å². The molecule has 0 aliphatic rings. The predicted molar refractivity (Wildman–Crippen MR) is 137 cm³/mol. The molecule has 5 aromatic rings. The molecule has 9 heteroatoms. The minimum absolute atomic E-state index is 0.0188. The predicted octanol–water partition coefficient (Wildman–Crippen LogP) is 5.71. The Morgan fingerprint density at radius 2 is 1.63 bits per heavy atom. The molecule has 3 aromatic carbocycles. The van der Waals surface area contributed by atoms with Gasteiger partial charge in [-0.1, -0.05) is 23.4 Å². The van der Waals surface area contributed by atoms with E-state index in [-0.39, 0.29) is 17.8 Å². The number of unbranched alkanes of at least 4 members (excludes halogenated alkanes) is 1. The van der Waals surface area contributed by atoms with Crippen LogP contribution in [-0.2, 0) is 17.6 Å². The van der Waals surface area contributed by atoms with Crippen LogP contribution in [-0.4, -0.2) is 25.8 Å². The Hall–Kier alpha value is -4.66. The van der Waals surface area contributed by atoms with Gasteiger partial charge in [0.05, 0.1) is 16.6 Å². The molecule has 0 saturated carbocycles. The van der Waals surface area contributed by atoms with E-state index in [1.54, 1.807) is 36.4 Å². The summed E-state index contributed by atoms with van der Waals surface area (Å²) in [4.78, 5) is 29.2. The average Bonchev–Trinajstić information content (AvgIpc) is 3.37. The van der Waals surface area contributed by atoms with Crippen LogP contribution in [0.2, 0.25) is 0 Å². The molecule has 5 rings (SSSR count). The molecule has 0 radical (unpaired) electrons. The van der Waals surface area contributed by atoms with Crippen molar-refractivity contribution in [3.63, 3.8) is 0 Å². The van der Waals surface area contributed by atoms with Crippen LogP contribution in [0, 0.1) is 11.6 Å². The number of rotatable bonds is 9. The summed E-state index contributed by atoms with van der Waals surface area (Å²) in [6, 6.07) is 18.7. The van der Waals surface area contributed by atoms with Gasteiger partial charge in [-0.25, -0.2) is 13.8 Å². The normalized spacial score (nSPS) is 11.2. The number of nitrogens with zero attached hydrogens (tertiary/aromatic N) is 3. The van der Waals surface area contributed by atoms with Crippen molar-refractivity contribution in [3.8, 4) is 16.9 Å². The van der Waals surface area contributed by atoms with Crippen LogP contribution in [0.3, 0.4) is 0 Å². The Morgan fingerprint density at radius 1 is 0.921 bits per heavy atom. The second kappa shape index (κ2) is 10.8. The Morgan fingerprint density at radius 3 is 2.34 bits per heavy atom. The van der Waals surface area contributed by atoms with E-state index in [9.17, 15) is 18.4 Å². The quantitative estimate of drug-likeness (QED) is 0.253. The number of benzene rings is 3. The van der Waals surface area contributed by atoms with E-state index in [2.05, 4.69) is 5.16 Å². The van der Waals surface area contributed by atoms with E-state index in [0.29, 0.717) is 65.1 Å². The minimum Gasteiger partial charge on any atom is -0.481 e. The van der Waals surface area contributed by atoms with E-state index in [1.165, 1.54) is 41.0 Å². The summed E-state index contributed by atoms with van der Waals surface area (Å²) in [5.74, 6) is -0.562. The van der Waals surface area contributed by atoms with Crippen molar-refractivity contribution in [1.29, 1.82) is 0 Å². The van der Waals surface area contributed by atoms with Gasteiger partial charge in [-0.3, -0.25) is 14.2 Å². The summed E-state index contributed by atoms with van der Waals surface area (Å²) in [6.07, 6.45) is 1.78. The number of fused-ring (bicyclic) bond motifs is 1. The molecule has 2 heterocycles. The largest absolute Gasteiger partial charge is 0.481 e. The molecule has 7 nitrogen and oxygen atoms in total. The van der Waals surface area contributed by atoms with Crippen LogP contribution in [0.15, 0.2) is 82.1 Å². The van der Waals surface area contributed by atoms with E-state index in [0.717, 1.165) is 5.56 Å². The van der Waals surface area contributed by atoms with Gasteiger partial charge in [0.1, 0.15) is 28.9 Å². The van der Waals surface area contributed by atoms with Crippen molar-refractivity contribution in [3.05, 3.63) is 112 Å². The molecule has 2 aromatic heterocycles. The second-order valence-corrected chi connectivity index (χ2v) is 8.96. The molecule has 38 heavy (non-hydrogen) atoms. The number of halogens is 2. The van der Waals surface area contributed by atoms with Gasteiger partial charge in [0.25, 0.3) is 5.56 Å². The zero-order valence-electron chi connectivity index (χ0n) is 20.2. The van der Waals surface area contributed by atoms with E-state index in [4.69, 9.17) is 14.6 Å². The molecule has 0 saturated heterocycles. The van der Waals surface area contributed by atoms with Crippen LogP contribution in [0.1, 0.15) is 36.4 Å². The minimum atomic E-state index is -0.886. The van der Waals surface area contributed by atoms with Gasteiger partial charge in [-0.05, 0) is 66.9 Å². The lowest BCUT2D eigenvalue weighted by atomic mass is 10.1. The van der Waals surface area contributed by atoms with Gasteiger partial charge in [0.15, 0.2) is 0 Å². The van der Waals surface area contributed by atoms with Gasteiger partial charge >= 0.3 is 5.97 Å². The first-order chi connectivity index (χ1) is 18.4. The van der Waals surface area contributed by atoms with E-state index < -0.39 is 11.8 Å². The summed E-state index contributed by atoms with van der Waals surface area (Å²) in [5, 5.41) is 13.5. The third-order valence-corrected chi connectivity index (χ3v) is 6.21. The lowest BCUT2D eigenvalue weighted by molar-refractivity contribution is -0.137. The Bertz CT molecular complexity index is 1660. The molecule has 1 N–H and O–H groups in total. The van der Waals surface area contributed by atoms with Crippen molar-refractivity contribution >= 4 is 16.9 Å². The number of aliphatic carboxylic acids is 1.